The van der Waals surface area contributed by atoms with Crippen molar-refractivity contribution in [3.63, 3.8) is 0 Å². The minimum absolute atomic E-state index is 0.152. The number of nitriles is 1. The highest BCUT2D eigenvalue weighted by molar-refractivity contribution is 9.10. The SMILES string of the molecule is C[C@@H](C#N)Sc1nc2ccc(Br)cc2c(=O)n1Cc1ccco1. The molecule has 0 amide bonds. The zero-order valence-electron chi connectivity index (χ0n) is 12.2. The number of thioether (sulfide) groups is 1. The number of furan rings is 1. The Kier molecular flexibility index (Phi) is 4.55. The molecule has 2 aromatic heterocycles. The van der Waals surface area contributed by atoms with Crippen LogP contribution in [-0.4, -0.2) is 14.8 Å². The number of fused-ring (bicyclic) bond motifs is 1. The van der Waals surface area contributed by atoms with Crippen LogP contribution in [0.5, 0.6) is 0 Å². The molecule has 0 saturated carbocycles. The molecular weight excluding hydrogens is 378 g/mol. The van der Waals surface area contributed by atoms with E-state index in [0.29, 0.717) is 21.8 Å². The molecule has 0 spiro atoms. The van der Waals surface area contributed by atoms with Crippen molar-refractivity contribution in [3.8, 4) is 6.07 Å². The summed E-state index contributed by atoms with van der Waals surface area (Å²) in [5.74, 6) is 0.662. The van der Waals surface area contributed by atoms with Gasteiger partial charge in [0.15, 0.2) is 5.16 Å². The number of halogens is 1. The van der Waals surface area contributed by atoms with Crippen molar-refractivity contribution < 1.29 is 4.42 Å². The van der Waals surface area contributed by atoms with Gasteiger partial charge in [0.25, 0.3) is 5.56 Å². The van der Waals surface area contributed by atoms with Gasteiger partial charge in [0.05, 0.1) is 35.0 Å². The van der Waals surface area contributed by atoms with Gasteiger partial charge in [-0.2, -0.15) is 5.26 Å². The summed E-state index contributed by atoms with van der Waals surface area (Å²) in [6.07, 6.45) is 1.57. The van der Waals surface area contributed by atoms with Crippen molar-refractivity contribution in [1.82, 2.24) is 9.55 Å². The number of hydrogen-bond acceptors (Lipinski definition) is 5. The van der Waals surface area contributed by atoms with Gasteiger partial charge in [-0.3, -0.25) is 9.36 Å². The molecule has 1 aromatic carbocycles. The summed E-state index contributed by atoms with van der Waals surface area (Å²) in [6, 6.07) is 11.1. The summed E-state index contributed by atoms with van der Waals surface area (Å²) in [7, 11) is 0. The quantitative estimate of drug-likeness (QED) is 0.501. The van der Waals surface area contributed by atoms with E-state index in [1.165, 1.54) is 11.8 Å². The van der Waals surface area contributed by atoms with Gasteiger partial charge in [0.1, 0.15) is 5.76 Å². The van der Waals surface area contributed by atoms with Crippen LogP contribution >= 0.6 is 27.7 Å². The Balaban J connectivity index is 2.19. The van der Waals surface area contributed by atoms with Gasteiger partial charge in [0, 0.05) is 4.47 Å². The predicted octanol–water partition coefficient (Wildman–Crippen LogP) is 3.80. The lowest BCUT2D eigenvalue weighted by atomic mass is 10.2. The minimum Gasteiger partial charge on any atom is -0.467 e. The zero-order chi connectivity index (χ0) is 16.4. The molecule has 3 aromatic rings. The summed E-state index contributed by atoms with van der Waals surface area (Å²) < 4.78 is 7.71. The van der Waals surface area contributed by atoms with E-state index in [9.17, 15) is 4.79 Å². The average Bonchev–Trinajstić information content (AvgIpc) is 3.05. The largest absolute Gasteiger partial charge is 0.467 e. The van der Waals surface area contributed by atoms with Crippen LogP contribution in [0.15, 0.2) is 55.4 Å². The van der Waals surface area contributed by atoms with Crippen molar-refractivity contribution in [2.45, 2.75) is 23.9 Å². The first-order valence-corrected chi connectivity index (χ1v) is 8.54. The van der Waals surface area contributed by atoms with Crippen LogP contribution in [0.3, 0.4) is 0 Å². The Labute approximate surface area is 145 Å². The van der Waals surface area contributed by atoms with Gasteiger partial charge in [-0.15, -0.1) is 0 Å². The molecule has 0 aliphatic rings. The number of benzene rings is 1. The van der Waals surface area contributed by atoms with Crippen LogP contribution in [0.1, 0.15) is 12.7 Å². The first kappa shape index (κ1) is 15.8. The average molecular weight is 390 g/mol. The highest BCUT2D eigenvalue weighted by Crippen LogP contribution is 2.24. The van der Waals surface area contributed by atoms with Crippen molar-refractivity contribution in [2.24, 2.45) is 0 Å². The zero-order valence-corrected chi connectivity index (χ0v) is 14.6. The third-order valence-corrected chi connectivity index (χ3v) is 4.71. The lowest BCUT2D eigenvalue weighted by Crippen LogP contribution is -2.24. The summed E-state index contributed by atoms with van der Waals surface area (Å²) in [5.41, 5.74) is 0.460. The maximum atomic E-state index is 12.9. The standard InChI is InChI=1S/C16H12BrN3O2S/c1-10(8-18)23-16-19-14-5-4-11(17)7-13(14)15(21)20(16)9-12-3-2-6-22-12/h2-7,10H,9H2,1H3/t10-/m0/s1. The fourth-order valence-electron chi connectivity index (χ4n) is 2.14. The summed E-state index contributed by atoms with van der Waals surface area (Å²) in [4.78, 5) is 17.4. The first-order chi connectivity index (χ1) is 11.1. The fraction of sp³-hybridized carbons (Fsp3) is 0.188. The molecule has 23 heavy (non-hydrogen) atoms. The molecule has 0 aliphatic heterocycles. The molecule has 2 heterocycles. The van der Waals surface area contributed by atoms with Crippen LogP contribution in [0, 0.1) is 11.3 Å². The number of hydrogen-bond donors (Lipinski definition) is 0. The predicted molar refractivity (Wildman–Crippen MR) is 92.4 cm³/mol. The van der Waals surface area contributed by atoms with Crippen LogP contribution in [0.25, 0.3) is 10.9 Å². The molecule has 0 radical (unpaired) electrons. The van der Waals surface area contributed by atoms with E-state index in [4.69, 9.17) is 9.68 Å². The molecular formula is C16H12BrN3O2S. The lowest BCUT2D eigenvalue weighted by Gasteiger charge is -2.13. The number of nitrogens with zero attached hydrogens (tertiary/aromatic N) is 3. The molecule has 7 heteroatoms. The molecule has 0 saturated heterocycles. The Morgan fingerprint density at radius 2 is 2.30 bits per heavy atom. The van der Waals surface area contributed by atoms with Crippen LogP contribution in [-0.2, 0) is 6.54 Å². The maximum absolute atomic E-state index is 12.9. The molecule has 116 valence electrons. The highest BCUT2D eigenvalue weighted by atomic mass is 79.9. The second kappa shape index (κ2) is 6.60. The van der Waals surface area contributed by atoms with Gasteiger partial charge < -0.3 is 4.42 Å². The van der Waals surface area contributed by atoms with E-state index >= 15 is 0 Å². The molecule has 3 rings (SSSR count). The van der Waals surface area contributed by atoms with Gasteiger partial charge >= 0.3 is 0 Å². The third kappa shape index (κ3) is 3.33. The third-order valence-electron chi connectivity index (χ3n) is 3.24. The van der Waals surface area contributed by atoms with Crippen LogP contribution < -0.4 is 5.56 Å². The summed E-state index contributed by atoms with van der Waals surface area (Å²) in [5, 5.41) is 9.78. The Morgan fingerprint density at radius 1 is 1.48 bits per heavy atom. The Morgan fingerprint density at radius 3 is 3.00 bits per heavy atom. The van der Waals surface area contributed by atoms with E-state index in [0.717, 1.165) is 4.47 Å². The molecule has 0 fully saturated rings. The van der Waals surface area contributed by atoms with Crippen LogP contribution in [0.2, 0.25) is 0 Å². The number of rotatable bonds is 4. The van der Waals surface area contributed by atoms with E-state index in [1.807, 2.05) is 6.07 Å². The molecule has 5 nitrogen and oxygen atoms in total. The summed E-state index contributed by atoms with van der Waals surface area (Å²) in [6.45, 7) is 2.06. The number of aromatic nitrogens is 2. The normalized spacial score (nSPS) is 12.2. The van der Waals surface area contributed by atoms with E-state index in [2.05, 4.69) is 27.0 Å². The van der Waals surface area contributed by atoms with Gasteiger partial charge in [-0.25, -0.2) is 4.98 Å². The van der Waals surface area contributed by atoms with E-state index < -0.39 is 0 Å². The van der Waals surface area contributed by atoms with E-state index in [-0.39, 0.29) is 17.4 Å². The van der Waals surface area contributed by atoms with Crippen molar-refractivity contribution in [2.75, 3.05) is 0 Å². The molecule has 0 N–H and O–H groups in total. The molecule has 0 aliphatic carbocycles. The first-order valence-electron chi connectivity index (χ1n) is 6.87. The second-order valence-electron chi connectivity index (χ2n) is 4.92. The highest BCUT2D eigenvalue weighted by Gasteiger charge is 2.15. The van der Waals surface area contributed by atoms with Gasteiger partial charge in [-0.1, -0.05) is 27.7 Å². The molecule has 0 bridgehead atoms. The Hall–Kier alpha value is -2.04. The topological polar surface area (TPSA) is 71.8 Å². The fourth-order valence-corrected chi connectivity index (χ4v) is 3.30. The van der Waals surface area contributed by atoms with Crippen molar-refractivity contribution in [1.29, 1.82) is 5.26 Å². The lowest BCUT2D eigenvalue weighted by molar-refractivity contribution is 0.476. The minimum atomic E-state index is -0.308. The monoisotopic (exact) mass is 389 g/mol. The van der Waals surface area contributed by atoms with E-state index in [1.54, 1.807) is 42.0 Å². The molecule has 0 unspecified atom stereocenters. The smallest absolute Gasteiger partial charge is 0.262 e. The van der Waals surface area contributed by atoms with Crippen molar-refractivity contribution >= 4 is 38.6 Å². The van der Waals surface area contributed by atoms with Crippen LogP contribution in [0.4, 0.5) is 0 Å². The summed E-state index contributed by atoms with van der Waals surface area (Å²) >= 11 is 4.64. The van der Waals surface area contributed by atoms with Crippen molar-refractivity contribution in [3.05, 3.63) is 57.2 Å². The van der Waals surface area contributed by atoms with Gasteiger partial charge in [-0.05, 0) is 37.3 Å². The molecule has 1 atom stereocenters. The maximum Gasteiger partial charge on any atom is 0.262 e. The van der Waals surface area contributed by atoms with Gasteiger partial charge in [0.2, 0.25) is 0 Å². The second-order valence-corrected chi connectivity index (χ2v) is 7.14. The Bertz CT molecular complexity index is 944.